The summed E-state index contributed by atoms with van der Waals surface area (Å²) in [7, 11) is 0.415. The van der Waals surface area contributed by atoms with Crippen molar-refractivity contribution in [2.24, 2.45) is 0 Å². The number of anilines is 1. The Balaban J connectivity index is 0.00000353. The van der Waals surface area contributed by atoms with Crippen LogP contribution in [0.2, 0.25) is 0 Å². The molecule has 2 aliphatic rings. The number of aromatic nitrogens is 1. The van der Waals surface area contributed by atoms with Crippen LogP contribution in [0.1, 0.15) is 42.5 Å². The van der Waals surface area contributed by atoms with Crippen LogP contribution in [0.15, 0.2) is 41.3 Å². The molecule has 1 saturated heterocycles. The highest BCUT2D eigenvalue weighted by atomic mass is 35.5. The van der Waals surface area contributed by atoms with Gasteiger partial charge in [-0.05, 0) is 64.2 Å². The zero-order valence-corrected chi connectivity index (χ0v) is 24.7. The maximum atomic E-state index is 13.7. The van der Waals surface area contributed by atoms with Gasteiger partial charge in [0.25, 0.3) is 5.91 Å². The number of hydrogen-bond acceptors (Lipinski definition) is 8. The van der Waals surface area contributed by atoms with E-state index in [9.17, 15) is 13.2 Å². The zero-order valence-electron chi connectivity index (χ0n) is 22.3. The van der Waals surface area contributed by atoms with Crippen molar-refractivity contribution in [3.63, 3.8) is 0 Å². The lowest BCUT2D eigenvalue weighted by Gasteiger charge is -2.22. The molecule has 0 unspecified atom stereocenters. The molecule has 3 heterocycles. The van der Waals surface area contributed by atoms with E-state index in [1.807, 2.05) is 26.2 Å². The summed E-state index contributed by atoms with van der Waals surface area (Å²) in [6.07, 6.45) is 4.62. The van der Waals surface area contributed by atoms with Crippen molar-refractivity contribution in [2.75, 3.05) is 58.4 Å². The minimum Gasteiger partial charge on any atom is -0.486 e. The number of rotatable bonds is 8. The summed E-state index contributed by atoms with van der Waals surface area (Å²) in [5, 5.41) is 0.590. The van der Waals surface area contributed by atoms with Crippen molar-refractivity contribution in [3.8, 4) is 11.5 Å². The topological polar surface area (TPSA) is 92.3 Å². The van der Waals surface area contributed by atoms with E-state index < -0.39 is 10.0 Å². The number of sulfonamides is 1. The molecule has 3 aromatic rings. The summed E-state index contributed by atoms with van der Waals surface area (Å²) in [6, 6.07) is 10.1. The first-order valence-corrected chi connectivity index (χ1v) is 15.4. The van der Waals surface area contributed by atoms with Gasteiger partial charge in [0.05, 0.1) is 15.1 Å². The minimum atomic E-state index is -3.58. The van der Waals surface area contributed by atoms with Crippen LogP contribution in [0.3, 0.4) is 0 Å². The highest BCUT2D eigenvalue weighted by Crippen LogP contribution is 2.39. The van der Waals surface area contributed by atoms with Gasteiger partial charge in [-0.2, -0.15) is 4.31 Å². The Morgan fingerprint density at radius 1 is 0.974 bits per heavy atom. The second-order valence-corrected chi connectivity index (χ2v) is 12.9. The Bertz CT molecular complexity index is 1340. The number of ether oxygens (including phenoxy) is 2. The Labute approximate surface area is 240 Å². The number of halogens is 1. The minimum absolute atomic E-state index is 0. The quantitative estimate of drug-likeness (QED) is 0.375. The van der Waals surface area contributed by atoms with Gasteiger partial charge in [-0.3, -0.25) is 9.69 Å². The molecular weight excluding hydrogens is 560 g/mol. The standard InChI is InChI=1S/C27H34N4O5S2.ClH/c1-29(2)12-7-15-31(27-28-22-18-23-24(19-25(22)37-27)36-17-16-35-23)26(32)20-8-10-21(11-9-20)38(33,34)30-13-5-3-4-6-14-30;/h8-11,18-19H,3-7,12-17H2,1-2H3;1H. The summed E-state index contributed by atoms with van der Waals surface area (Å²) in [5.41, 5.74) is 1.17. The smallest absolute Gasteiger partial charge is 0.260 e. The van der Waals surface area contributed by atoms with Crippen LogP contribution < -0.4 is 14.4 Å². The van der Waals surface area contributed by atoms with Crippen molar-refractivity contribution >= 4 is 55.0 Å². The van der Waals surface area contributed by atoms with Gasteiger partial charge < -0.3 is 14.4 Å². The molecule has 0 spiro atoms. The van der Waals surface area contributed by atoms with Gasteiger partial charge in [-0.1, -0.05) is 24.2 Å². The Hall–Kier alpha value is -2.44. The third-order valence-electron chi connectivity index (χ3n) is 6.81. The molecule has 0 bridgehead atoms. The van der Waals surface area contributed by atoms with Crippen molar-refractivity contribution < 1.29 is 22.7 Å². The van der Waals surface area contributed by atoms with Gasteiger partial charge in [0.2, 0.25) is 10.0 Å². The van der Waals surface area contributed by atoms with Crippen LogP contribution in [-0.4, -0.2) is 82.0 Å². The van der Waals surface area contributed by atoms with Crippen LogP contribution in [0.4, 0.5) is 5.13 Å². The predicted molar refractivity (Wildman–Crippen MR) is 156 cm³/mol. The number of amides is 1. The Kier molecular flexibility index (Phi) is 9.71. The molecule has 2 aliphatic heterocycles. The van der Waals surface area contributed by atoms with E-state index in [1.165, 1.54) is 11.3 Å². The van der Waals surface area contributed by atoms with Gasteiger partial charge in [-0.15, -0.1) is 12.4 Å². The second-order valence-electron chi connectivity index (χ2n) is 9.92. The molecule has 1 amide bonds. The highest BCUT2D eigenvalue weighted by molar-refractivity contribution is 7.89. The predicted octanol–water partition coefficient (Wildman–Crippen LogP) is 4.65. The third-order valence-corrected chi connectivity index (χ3v) is 9.76. The van der Waals surface area contributed by atoms with Gasteiger partial charge in [0.1, 0.15) is 13.2 Å². The summed E-state index contributed by atoms with van der Waals surface area (Å²) in [4.78, 5) is 22.5. The summed E-state index contributed by atoms with van der Waals surface area (Å²) in [6.45, 7) is 3.38. The van der Waals surface area contributed by atoms with E-state index >= 15 is 0 Å². The van der Waals surface area contributed by atoms with Crippen LogP contribution in [-0.2, 0) is 10.0 Å². The van der Waals surface area contributed by atoms with Gasteiger partial charge in [-0.25, -0.2) is 13.4 Å². The van der Waals surface area contributed by atoms with Crippen molar-refractivity contribution in [3.05, 3.63) is 42.0 Å². The molecule has 0 radical (unpaired) electrons. The first-order valence-electron chi connectivity index (χ1n) is 13.1. The molecule has 0 saturated carbocycles. The number of hydrogen-bond donors (Lipinski definition) is 0. The van der Waals surface area contributed by atoms with Crippen LogP contribution >= 0.6 is 23.7 Å². The number of carbonyl (C=O) groups is 1. The first-order chi connectivity index (χ1) is 18.3. The molecule has 212 valence electrons. The fourth-order valence-corrected chi connectivity index (χ4v) is 7.27. The van der Waals surface area contributed by atoms with Crippen LogP contribution in [0.25, 0.3) is 10.2 Å². The zero-order chi connectivity index (χ0) is 26.7. The van der Waals surface area contributed by atoms with Gasteiger partial charge in [0, 0.05) is 37.3 Å². The molecule has 9 nitrogen and oxygen atoms in total. The van der Waals surface area contributed by atoms with E-state index in [0.29, 0.717) is 55.0 Å². The normalized spacial score (nSPS) is 16.1. The highest BCUT2D eigenvalue weighted by Gasteiger charge is 2.27. The van der Waals surface area contributed by atoms with Crippen molar-refractivity contribution in [2.45, 2.75) is 37.0 Å². The monoisotopic (exact) mass is 594 g/mol. The van der Waals surface area contributed by atoms with E-state index in [2.05, 4.69) is 4.90 Å². The van der Waals surface area contributed by atoms with Crippen molar-refractivity contribution in [1.29, 1.82) is 0 Å². The SMILES string of the molecule is CN(C)CCCN(C(=O)c1ccc(S(=O)(=O)N2CCCCCC2)cc1)c1nc2cc3c(cc2s1)OCCO3.Cl. The van der Waals surface area contributed by atoms with Crippen LogP contribution in [0, 0.1) is 0 Å². The molecule has 5 rings (SSSR count). The Morgan fingerprint density at radius 3 is 2.26 bits per heavy atom. The molecule has 39 heavy (non-hydrogen) atoms. The average molecular weight is 595 g/mol. The van der Waals surface area contributed by atoms with E-state index in [1.54, 1.807) is 33.5 Å². The summed E-state index contributed by atoms with van der Waals surface area (Å²) >= 11 is 1.43. The lowest BCUT2D eigenvalue weighted by Crippen LogP contribution is -2.34. The first kappa shape index (κ1) is 29.5. The number of thiazole rings is 1. The van der Waals surface area contributed by atoms with E-state index in [-0.39, 0.29) is 23.2 Å². The van der Waals surface area contributed by atoms with Crippen molar-refractivity contribution in [1.82, 2.24) is 14.2 Å². The van der Waals surface area contributed by atoms with Gasteiger partial charge >= 0.3 is 0 Å². The molecule has 1 aromatic heterocycles. The fraction of sp³-hybridized carbons (Fsp3) is 0.481. The largest absolute Gasteiger partial charge is 0.486 e. The molecule has 12 heteroatoms. The molecule has 0 N–H and O–H groups in total. The van der Waals surface area contributed by atoms with Gasteiger partial charge in [0.15, 0.2) is 16.6 Å². The third kappa shape index (κ3) is 6.66. The molecule has 0 aliphatic carbocycles. The number of nitrogens with zero attached hydrogens (tertiary/aromatic N) is 4. The summed E-state index contributed by atoms with van der Waals surface area (Å²) in [5.74, 6) is 1.14. The fourth-order valence-electron chi connectivity index (χ4n) is 4.75. The lowest BCUT2D eigenvalue weighted by molar-refractivity contribution is 0.0986. The molecule has 2 aromatic carbocycles. The Morgan fingerprint density at radius 2 is 1.62 bits per heavy atom. The van der Waals surface area contributed by atoms with E-state index in [0.717, 1.165) is 48.9 Å². The van der Waals surface area contributed by atoms with E-state index in [4.69, 9.17) is 14.5 Å². The molecule has 0 atom stereocenters. The number of carbonyl (C=O) groups excluding carboxylic acids is 1. The lowest BCUT2D eigenvalue weighted by atomic mass is 10.2. The van der Waals surface area contributed by atoms with Crippen LogP contribution in [0.5, 0.6) is 11.5 Å². The summed E-state index contributed by atoms with van der Waals surface area (Å²) < 4.78 is 40.3. The average Bonchev–Trinajstić information content (AvgIpc) is 3.11. The number of benzene rings is 2. The second kappa shape index (κ2) is 12.8. The molecular formula is C27H35ClN4O5S2. The molecule has 1 fully saturated rings. The number of fused-ring (bicyclic) bond motifs is 2. The maximum Gasteiger partial charge on any atom is 0.260 e. The maximum absolute atomic E-state index is 13.7.